The van der Waals surface area contributed by atoms with E-state index in [1.165, 1.54) is 0 Å². The Hall–Kier alpha value is -1.89. The van der Waals surface area contributed by atoms with E-state index in [0.717, 1.165) is 45.3 Å². The summed E-state index contributed by atoms with van der Waals surface area (Å²) in [5.74, 6) is 0.0376. The van der Waals surface area contributed by atoms with Gasteiger partial charge in [0.05, 0.1) is 6.33 Å². The van der Waals surface area contributed by atoms with Crippen LogP contribution in [-0.2, 0) is 16.1 Å². The summed E-state index contributed by atoms with van der Waals surface area (Å²) in [4.78, 5) is 32.6. The first-order valence-electron chi connectivity index (χ1n) is 10.1. The predicted octanol–water partition coefficient (Wildman–Crippen LogP) is 1.52. The molecular weight excluding hydrogens is 344 g/mol. The first-order chi connectivity index (χ1) is 12.9. The molecule has 7 heteroatoms. The summed E-state index contributed by atoms with van der Waals surface area (Å²) < 4.78 is 2.04. The molecule has 1 aromatic heterocycles. The van der Waals surface area contributed by atoms with Crippen molar-refractivity contribution in [3.63, 3.8) is 0 Å². The minimum absolute atomic E-state index is 0.0633. The SMILES string of the molecule is CC(C)C(O)C(=O)N1CCC2(CCC(=O)N(CCCn3ccnc3)C2)CC1. The van der Waals surface area contributed by atoms with E-state index < -0.39 is 6.10 Å². The van der Waals surface area contributed by atoms with Gasteiger partial charge in [0.1, 0.15) is 6.10 Å². The smallest absolute Gasteiger partial charge is 0.251 e. The average molecular weight is 377 g/mol. The maximum absolute atomic E-state index is 12.4. The summed E-state index contributed by atoms with van der Waals surface area (Å²) in [6.45, 7) is 7.52. The van der Waals surface area contributed by atoms with E-state index >= 15 is 0 Å². The normalized spacial score (nSPS) is 21.1. The van der Waals surface area contributed by atoms with Gasteiger partial charge in [-0.1, -0.05) is 13.8 Å². The zero-order chi connectivity index (χ0) is 19.4. The fourth-order valence-electron chi connectivity index (χ4n) is 4.25. The molecule has 1 N–H and O–H groups in total. The number of likely N-dealkylation sites (tertiary alicyclic amines) is 2. The Balaban J connectivity index is 1.51. The van der Waals surface area contributed by atoms with Gasteiger partial charge >= 0.3 is 0 Å². The van der Waals surface area contributed by atoms with Crippen LogP contribution in [0.4, 0.5) is 0 Å². The van der Waals surface area contributed by atoms with Crippen LogP contribution in [0.2, 0.25) is 0 Å². The number of carbonyl (C=O) groups is 2. The van der Waals surface area contributed by atoms with Crippen molar-refractivity contribution in [2.45, 2.75) is 58.6 Å². The summed E-state index contributed by atoms with van der Waals surface area (Å²) in [7, 11) is 0. The molecule has 3 heterocycles. The lowest BCUT2D eigenvalue weighted by Crippen LogP contribution is -2.54. The number of hydrogen-bond acceptors (Lipinski definition) is 4. The highest BCUT2D eigenvalue weighted by Gasteiger charge is 2.42. The zero-order valence-electron chi connectivity index (χ0n) is 16.5. The van der Waals surface area contributed by atoms with Crippen LogP contribution in [0.5, 0.6) is 0 Å². The van der Waals surface area contributed by atoms with Crippen molar-refractivity contribution in [1.29, 1.82) is 0 Å². The van der Waals surface area contributed by atoms with Crippen LogP contribution in [0.3, 0.4) is 0 Å². The van der Waals surface area contributed by atoms with Gasteiger partial charge in [-0.05, 0) is 37.0 Å². The van der Waals surface area contributed by atoms with E-state index in [0.29, 0.717) is 19.5 Å². The second-order valence-electron chi connectivity index (χ2n) is 8.48. The van der Waals surface area contributed by atoms with E-state index in [4.69, 9.17) is 0 Å². The average Bonchev–Trinajstić information content (AvgIpc) is 3.17. The van der Waals surface area contributed by atoms with Crippen molar-refractivity contribution < 1.29 is 14.7 Å². The number of nitrogens with zero attached hydrogens (tertiary/aromatic N) is 4. The van der Waals surface area contributed by atoms with Gasteiger partial charge in [-0.3, -0.25) is 9.59 Å². The number of imidazole rings is 1. The Morgan fingerprint density at radius 3 is 2.63 bits per heavy atom. The topological polar surface area (TPSA) is 78.7 Å². The molecule has 0 saturated carbocycles. The van der Waals surface area contributed by atoms with Crippen LogP contribution in [0.15, 0.2) is 18.7 Å². The lowest BCUT2D eigenvalue weighted by atomic mass is 9.72. The summed E-state index contributed by atoms with van der Waals surface area (Å²) in [5, 5.41) is 10.1. The first-order valence-corrected chi connectivity index (χ1v) is 10.1. The second kappa shape index (κ2) is 8.42. The van der Waals surface area contributed by atoms with E-state index in [2.05, 4.69) is 4.98 Å². The molecule has 0 aliphatic carbocycles. The number of amides is 2. The van der Waals surface area contributed by atoms with E-state index in [1.54, 1.807) is 17.4 Å². The quantitative estimate of drug-likeness (QED) is 0.816. The molecule has 2 saturated heterocycles. The molecule has 2 fully saturated rings. The molecule has 27 heavy (non-hydrogen) atoms. The third kappa shape index (κ3) is 4.69. The minimum Gasteiger partial charge on any atom is -0.383 e. The molecule has 1 spiro atoms. The summed E-state index contributed by atoms with van der Waals surface area (Å²) in [6.07, 6.45) is 8.87. The highest BCUT2D eigenvalue weighted by molar-refractivity contribution is 5.81. The minimum atomic E-state index is -0.911. The molecule has 3 rings (SSSR count). The van der Waals surface area contributed by atoms with Crippen molar-refractivity contribution in [2.24, 2.45) is 11.3 Å². The third-order valence-corrected chi connectivity index (χ3v) is 6.17. The Labute approximate surface area is 161 Å². The standard InChI is InChI=1S/C20H32N4O3/c1-16(2)18(26)19(27)23-11-6-20(7-12-23)5-4-17(25)24(14-20)10-3-9-22-13-8-21-15-22/h8,13,15-16,18,26H,3-7,9-12,14H2,1-2H3. The molecule has 7 nitrogen and oxygen atoms in total. The van der Waals surface area contributed by atoms with E-state index in [1.807, 2.05) is 29.5 Å². The van der Waals surface area contributed by atoms with Gasteiger partial charge in [-0.15, -0.1) is 0 Å². The molecule has 0 bridgehead atoms. The van der Waals surface area contributed by atoms with E-state index in [-0.39, 0.29) is 23.1 Å². The van der Waals surface area contributed by atoms with Crippen molar-refractivity contribution in [1.82, 2.24) is 19.4 Å². The van der Waals surface area contributed by atoms with Crippen molar-refractivity contribution in [3.8, 4) is 0 Å². The maximum atomic E-state index is 12.4. The molecule has 150 valence electrons. The molecule has 2 amide bonds. The molecule has 0 radical (unpaired) electrons. The third-order valence-electron chi connectivity index (χ3n) is 6.17. The molecule has 1 atom stereocenters. The fraction of sp³-hybridized carbons (Fsp3) is 0.750. The molecule has 2 aliphatic heterocycles. The number of aryl methyl sites for hydroxylation is 1. The van der Waals surface area contributed by atoms with Crippen LogP contribution in [0, 0.1) is 11.3 Å². The van der Waals surface area contributed by atoms with E-state index in [9.17, 15) is 14.7 Å². The number of rotatable bonds is 6. The highest BCUT2D eigenvalue weighted by atomic mass is 16.3. The zero-order valence-corrected chi connectivity index (χ0v) is 16.5. The van der Waals surface area contributed by atoms with Crippen LogP contribution < -0.4 is 0 Å². The van der Waals surface area contributed by atoms with Gasteiger partial charge in [0.15, 0.2) is 0 Å². The fourth-order valence-corrected chi connectivity index (χ4v) is 4.25. The van der Waals surface area contributed by atoms with Gasteiger partial charge < -0.3 is 19.5 Å². The molecule has 1 aromatic rings. The number of carbonyl (C=O) groups excluding carboxylic acids is 2. The number of aliphatic hydroxyl groups excluding tert-OH is 1. The number of aromatic nitrogens is 2. The Kier molecular flexibility index (Phi) is 6.19. The summed E-state index contributed by atoms with van der Waals surface area (Å²) in [6, 6.07) is 0. The number of aliphatic hydroxyl groups is 1. The van der Waals surface area contributed by atoms with Gasteiger partial charge in [-0.2, -0.15) is 0 Å². The van der Waals surface area contributed by atoms with Crippen molar-refractivity contribution >= 4 is 11.8 Å². The van der Waals surface area contributed by atoms with Crippen molar-refractivity contribution in [2.75, 3.05) is 26.2 Å². The van der Waals surface area contributed by atoms with Crippen LogP contribution in [-0.4, -0.2) is 68.6 Å². The largest absolute Gasteiger partial charge is 0.383 e. The van der Waals surface area contributed by atoms with Crippen LogP contribution in [0.25, 0.3) is 0 Å². The van der Waals surface area contributed by atoms with Gasteiger partial charge in [0.2, 0.25) is 5.91 Å². The number of piperidine rings is 2. The molecule has 2 aliphatic rings. The number of hydrogen-bond donors (Lipinski definition) is 1. The Bertz CT molecular complexity index is 636. The monoisotopic (exact) mass is 376 g/mol. The van der Waals surface area contributed by atoms with Gasteiger partial charge in [-0.25, -0.2) is 4.98 Å². The molecule has 0 aromatic carbocycles. The first kappa shape index (κ1) is 19.9. The maximum Gasteiger partial charge on any atom is 0.251 e. The Morgan fingerprint density at radius 2 is 2.00 bits per heavy atom. The molecule has 1 unspecified atom stereocenters. The van der Waals surface area contributed by atoms with Crippen LogP contribution >= 0.6 is 0 Å². The molecular formula is C20H32N4O3. The Morgan fingerprint density at radius 1 is 1.26 bits per heavy atom. The second-order valence-corrected chi connectivity index (χ2v) is 8.48. The predicted molar refractivity (Wildman–Crippen MR) is 102 cm³/mol. The van der Waals surface area contributed by atoms with Gasteiger partial charge in [0.25, 0.3) is 5.91 Å². The highest BCUT2D eigenvalue weighted by Crippen LogP contribution is 2.40. The summed E-state index contributed by atoms with van der Waals surface area (Å²) in [5.41, 5.74) is 0.127. The van der Waals surface area contributed by atoms with Crippen LogP contribution in [0.1, 0.15) is 46.0 Å². The lowest BCUT2D eigenvalue weighted by Gasteiger charge is -2.47. The van der Waals surface area contributed by atoms with Gasteiger partial charge in [0, 0.05) is 51.5 Å². The van der Waals surface area contributed by atoms with Crippen molar-refractivity contribution in [3.05, 3.63) is 18.7 Å². The lowest BCUT2D eigenvalue weighted by molar-refractivity contribution is -0.148. The summed E-state index contributed by atoms with van der Waals surface area (Å²) >= 11 is 0.